The van der Waals surface area contributed by atoms with Crippen molar-refractivity contribution >= 4 is 21.8 Å². The molecule has 0 aliphatic rings. The molecule has 0 fully saturated rings. The molecule has 0 aliphatic carbocycles. The molecule has 4 nitrogen and oxygen atoms in total. The van der Waals surface area contributed by atoms with Crippen molar-refractivity contribution in [1.29, 1.82) is 0 Å². The van der Waals surface area contributed by atoms with Crippen LogP contribution < -0.4 is 18.6 Å². The quantitative estimate of drug-likeness (QED) is 0.176. The molecule has 0 radical (unpaired) electrons. The highest BCUT2D eigenvalue weighted by Gasteiger charge is 2.10. The van der Waals surface area contributed by atoms with E-state index in [1.165, 1.54) is 60.3 Å². The van der Waals surface area contributed by atoms with Gasteiger partial charge >= 0.3 is 0 Å². The summed E-state index contributed by atoms with van der Waals surface area (Å²) in [4.78, 5) is 0. The average Bonchev–Trinajstić information content (AvgIpc) is 2.87. The first-order valence-corrected chi connectivity index (χ1v) is 12.7. The number of fused-ring (bicyclic) bond motifs is 2. The van der Waals surface area contributed by atoms with E-state index >= 15 is 0 Å². The topological polar surface area (TPSA) is 26.2 Å². The van der Waals surface area contributed by atoms with Crippen LogP contribution in [0.5, 0.6) is 11.5 Å². The van der Waals surface area contributed by atoms with Gasteiger partial charge < -0.3 is 9.47 Å². The summed E-state index contributed by atoms with van der Waals surface area (Å²) in [5, 5.41) is 2.37. The first-order chi connectivity index (χ1) is 16.7. The summed E-state index contributed by atoms with van der Waals surface area (Å²) in [7, 11) is 4.15. The summed E-state index contributed by atoms with van der Waals surface area (Å²) in [6, 6.07) is 21.0. The van der Waals surface area contributed by atoms with Crippen LogP contribution in [0.4, 0.5) is 0 Å². The number of nitrogens with zero attached hydrogens (tertiary/aromatic N) is 2. The minimum Gasteiger partial charge on any atom is -0.492 e. The third-order valence-electron chi connectivity index (χ3n) is 6.55. The van der Waals surface area contributed by atoms with E-state index in [9.17, 15) is 0 Å². The summed E-state index contributed by atoms with van der Waals surface area (Å²) in [5.74, 6) is 1.99. The van der Waals surface area contributed by atoms with E-state index < -0.39 is 0 Å². The van der Waals surface area contributed by atoms with Gasteiger partial charge in [-0.2, -0.15) is 0 Å². The van der Waals surface area contributed by atoms with Crippen LogP contribution in [-0.2, 0) is 14.1 Å². The van der Waals surface area contributed by atoms with Gasteiger partial charge in [0.05, 0.1) is 24.0 Å². The van der Waals surface area contributed by atoms with E-state index in [1.807, 2.05) is 0 Å². The number of hydrogen-bond donors (Lipinski definition) is 0. The zero-order chi connectivity index (χ0) is 23.6. The second kappa shape index (κ2) is 12.4. The lowest BCUT2D eigenvalue weighted by atomic mass is 10.1. The normalized spacial score (nSPS) is 11.2. The number of para-hydroxylation sites is 2. The molecule has 0 atom stereocenters. The second-order valence-electron chi connectivity index (χ2n) is 9.14. The summed E-state index contributed by atoms with van der Waals surface area (Å²) in [6.07, 6.45) is 14.1. The van der Waals surface area contributed by atoms with Crippen molar-refractivity contribution in [2.75, 3.05) is 13.2 Å². The van der Waals surface area contributed by atoms with Gasteiger partial charge in [0.25, 0.3) is 0 Å². The number of aromatic nitrogens is 2. The zero-order valence-electron chi connectivity index (χ0n) is 20.7. The maximum absolute atomic E-state index is 6.09. The molecular weight excluding hydrogens is 420 g/mol. The van der Waals surface area contributed by atoms with E-state index in [0.717, 1.165) is 37.6 Å². The molecule has 0 N–H and O–H groups in total. The van der Waals surface area contributed by atoms with Crippen molar-refractivity contribution in [1.82, 2.24) is 0 Å². The fourth-order valence-electron chi connectivity index (χ4n) is 4.56. The monoisotopic (exact) mass is 458 g/mol. The summed E-state index contributed by atoms with van der Waals surface area (Å²) < 4.78 is 16.4. The van der Waals surface area contributed by atoms with Gasteiger partial charge in [-0.3, -0.25) is 0 Å². The number of pyridine rings is 2. The van der Waals surface area contributed by atoms with Crippen molar-refractivity contribution in [3.05, 3.63) is 73.1 Å². The Bertz CT molecular complexity index is 1110. The van der Waals surface area contributed by atoms with Crippen LogP contribution in [0.2, 0.25) is 0 Å². The van der Waals surface area contributed by atoms with Gasteiger partial charge in [-0.1, -0.05) is 62.8 Å². The molecule has 2 aromatic heterocycles. The molecule has 0 amide bonds. The largest absolute Gasteiger partial charge is 0.492 e. The van der Waals surface area contributed by atoms with Gasteiger partial charge in [0.15, 0.2) is 12.4 Å². The number of aryl methyl sites for hydroxylation is 2. The predicted molar refractivity (Wildman–Crippen MR) is 138 cm³/mol. The first kappa shape index (κ1) is 24.0. The molecular formula is C30H38N2O2+2. The minimum atomic E-state index is 0.793. The summed E-state index contributed by atoms with van der Waals surface area (Å²) >= 11 is 0. The lowest BCUT2D eigenvalue weighted by Gasteiger charge is -2.09. The number of unbranched alkanes of at least 4 members (excludes halogenated alkanes) is 7. The van der Waals surface area contributed by atoms with Crippen LogP contribution in [0.25, 0.3) is 21.8 Å². The Kier molecular flexibility index (Phi) is 8.72. The molecule has 0 bridgehead atoms. The standard InChI is InChI=1S/C30H38N2O2/c1-31-21-19-29(25-15-9-11-17-27(25)31)33-23-13-7-5-3-4-6-8-14-24-34-30-20-22-32(2)28-18-12-10-16-26(28)30/h9-12,15-22H,3-8,13-14,23-24H2,1-2H3/q+2. The predicted octanol–water partition coefficient (Wildman–Crippen LogP) is 6.22. The molecule has 4 rings (SSSR count). The molecule has 4 heteroatoms. The van der Waals surface area contributed by atoms with Crippen LogP contribution in [0.1, 0.15) is 51.4 Å². The van der Waals surface area contributed by atoms with Crippen molar-refractivity contribution in [3.8, 4) is 11.5 Å². The average molecular weight is 459 g/mol. The SMILES string of the molecule is C[n+]1ccc(OCCCCCCCCCCOc2cc[n+](C)c3ccccc23)c2ccccc21. The maximum atomic E-state index is 6.09. The minimum absolute atomic E-state index is 0.793. The van der Waals surface area contributed by atoms with Crippen LogP contribution in [-0.4, -0.2) is 13.2 Å². The summed E-state index contributed by atoms with van der Waals surface area (Å²) in [6.45, 7) is 1.59. The van der Waals surface area contributed by atoms with Gasteiger partial charge in [0.2, 0.25) is 11.0 Å². The molecule has 0 spiro atoms. The molecule has 0 aliphatic heterocycles. The highest BCUT2D eigenvalue weighted by Crippen LogP contribution is 2.24. The van der Waals surface area contributed by atoms with Gasteiger partial charge in [-0.15, -0.1) is 0 Å². The van der Waals surface area contributed by atoms with Crippen molar-refractivity contribution < 1.29 is 18.6 Å². The lowest BCUT2D eigenvalue weighted by molar-refractivity contribution is -0.645. The fourth-order valence-corrected chi connectivity index (χ4v) is 4.56. The van der Waals surface area contributed by atoms with Gasteiger partial charge in [0, 0.05) is 24.3 Å². The van der Waals surface area contributed by atoms with Crippen LogP contribution in [0, 0.1) is 0 Å². The molecule has 4 aromatic rings. The molecule has 2 heterocycles. The Morgan fingerprint density at radius 3 is 1.32 bits per heavy atom. The molecule has 0 saturated carbocycles. The second-order valence-corrected chi connectivity index (χ2v) is 9.14. The van der Waals surface area contributed by atoms with Crippen LogP contribution in [0.15, 0.2) is 73.1 Å². The van der Waals surface area contributed by atoms with Crippen molar-refractivity contribution in [2.24, 2.45) is 14.1 Å². The summed E-state index contributed by atoms with van der Waals surface area (Å²) in [5.41, 5.74) is 2.41. The van der Waals surface area contributed by atoms with Gasteiger partial charge in [0.1, 0.15) is 25.6 Å². The lowest BCUT2D eigenvalue weighted by Crippen LogP contribution is -2.28. The van der Waals surface area contributed by atoms with Crippen molar-refractivity contribution in [2.45, 2.75) is 51.4 Å². The Morgan fingerprint density at radius 1 is 0.500 bits per heavy atom. The molecule has 0 unspecified atom stereocenters. The Hall–Kier alpha value is -3.14. The number of hydrogen-bond acceptors (Lipinski definition) is 2. The number of benzene rings is 2. The van der Waals surface area contributed by atoms with E-state index in [-0.39, 0.29) is 0 Å². The van der Waals surface area contributed by atoms with E-state index in [0.29, 0.717) is 0 Å². The number of rotatable bonds is 13. The third kappa shape index (κ3) is 6.25. The van der Waals surface area contributed by atoms with E-state index in [4.69, 9.17) is 9.47 Å². The Morgan fingerprint density at radius 2 is 0.882 bits per heavy atom. The van der Waals surface area contributed by atoms with Gasteiger partial charge in [-0.25, -0.2) is 9.13 Å². The first-order valence-electron chi connectivity index (χ1n) is 12.7. The van der Waals surface area contributed by atoms with Gasteiger partial charge in [-0.05, 0) is 25.0 Å². The fraction of sp³-hybridized carbons (Fsp3) is 0.400. The number of ether oxygens (including phenoxy) is 2. The van der Waals surface area contributed by atoms with Crippen molar-refractivity contribution in [3.63, 3.8) is 0 Å². The molecule has 178 valence electrons. The van der Waals surface area contributed by atoms with Crippen LogP contribution in [0.3, 0.4) is 0 Å². The molecule has 2 aromatic carbocycles. The Labute approximate surface area is 203 Å². The zero-order valence-corrected chi connectivity index (χ0v) is 20.7. The third-order valence-corrected chi connectivity index (χ3v) is 6.55. The smallest absolute Gasteiger partial charge is 0.216 e. The van der Waals surface area contributed by atoms with E-state index in [1.54, 1.807) is 0 Å². The molecule has 0 saturated heterocycles. The highest BCUT2D eigenvalue weighted by atomic mass is 16.5. The molecule has 34 heavy (non-hydrogen) atoms. The Balaban J connectivity index is 1.04. The maximum Gasteiger partial charge on any atom is 0.216 e. The van der Waals surface area contributed by atoms with E-state index in [2.05, 4.69) is 96.3 Å². The highest BCUT2D eigenvalue weighted by molar-refractivity contribution is 5.82. The van der Waals surface area contributed by atoms with Crippen LogP contribution >= 0.6 is 0 Å².